The monoisotopic (exact) mass is 380 g/mol. The Labute approximate surface area is 157 Å². The van der Waals surface area contributed by atoms with Gasteiger partial charge in [0.25, 0.3) is 0 Å². The minimum atomic E-state index is -0.789. The van der Waals surface area contributed by atoms with Gasteiger partial charge in [-0.1, -0.05) is 12.1 Å². The Morgan fingerprint density at radius 1 is 1.19 bits per heavy atom. The number of imidazole rings is 1. The first-order valence-corrected chi connectivity index (χ1v) is 8.94. The summed E-state index contributed by atoms with van der Waals surface area (Å²) >= 11 is 0. The van der Waals surface area contributed by atoms with E-state index in [1.807, 2.05) is 33.7 Å². The van der Waals surface area contributed by atoms with Crippen molar-refractivity contribution in [2.24, 2.45) is 5.73 Å². The fourth-order valence-electron chi connectivity index (χ4n) is 4.03. The molecule has 2 saturated heterocycles. The molecule has 2 aromatic rings. The quantitative estimate of drug-likeness (QED) is 0.824. The molecule has 3 heterocycles. The predicted octanol–water partition coefficient (Wildman–Crippen LogP) is 1.42. The fraction of sp³-hybridized carbons (Fsp3) is 0.556. The van der Waals surface area contributed by atoms with Gasteiger partial charge in [-0.15, -0.1) is 12.4 Å². The summed E-state index contributed by atoms with van der Waals surface area (Å²) in [6.45, 7) is 2.36. The molecule has 2 aliphatic heterocycles. The van der Waals surface area contributed by atoms with Crippen molar-refractivity contribution in [3.63, 3.8) is 0 Å². The molecule has 2 aliphatic rings. The van der Waals surface area contributed by atoms with E-state index in [0.29, 0.717) is 39.1 Å². The highest BCUT2D eigenvalue weighted by atomic mass is 35.5. The maximum atomic E-state index is 12.8. The number of fused-ring (bicyclic) bond motifs is 1. The van der Waals surface area contributed by atoms with E-state index in [2.05, 4.69) is 4.98 Å². The highest BCUT2D eigenvalue weighted by Gasteiger charge is 2.40. The summed E-state index contributed by atoms with van der Waals surface area (Å²) in [4.78, 5) is 29.9. The molecule has 0 bridgehead atoms. The third-order valence-electron chi connectivity index (χ3n) is 5.55. The molecule has 0 aliphatic carbocycles. The molecule has 0 radical (unpaired) electrons. The lowest BCUT2D eigenvalue weighted by atomic mass is 9.88. The maximum Gasteiger partial charge on any atom is 0.326 e. The average Bonchev–Trinajstić information content (AvgIpc) is 2.97. The Balaban J connectivity index is 0.00000196. The molecule has 2 fully saturated rings. The van der Waals surface area contributed by atoms with Gasteiger partial charge in [-0.3, -0.25) is 9.36 Å². The maximum absolute atomic E-state index is 12.8. The van der Waals surface area contributed by atoms with Gasteiger partial charge in [-0.25, -0.2) is 4.79 Å². The van der Waals surface area contributed by atoms with Crippen LogP contribution in [0.5, 0.6) is 0 Å². The van der Waals surface area contributed by atoms with Crippen molar-refractivity contribution < 1.29 is 9.53 Å². The lowest BCUT2D eigenvalue weighted by Crippen LogP contribution is -2.59. The van der Waals surface area contributed by atoms with E-state index in [4.69, 9.17) is 10.5 Å². The third kappa shape index (κ3) is 3.26. The fourth-order valence-corrected chi connectivity index (χ4v) is 4.03. The van der Waals surface area contributed by atoms with Gasteiger partial charge < -0.3 is 20.4 Å². The number of rotatable bonds is 2. The number of carbonyl (C=O) groups excluding carboxylic acids is 1. The second-order valence-electron chi connectivity index (χ2n) is 7.11. The van der Waals surface area contributed by atoms with Crippen LogP contribution in [0.15, 0.2) is 29.1 Å². The number of carbonyl (C=O) groups is 1. The number of likely N-dealkylation sites (tertiary alicyclic amines) is 1. The molecule has 3 N–H and O–H groups in total. The molecule has 7 nitrogen and oxygen atoms in total. The van der Waals surface area contributed by atoms with Crippen LogP contribution < -0.4 is 11.4 Å². The zero-order chi connectivity index (χ0) is 17.4. The number of nitrogens with one attached hydrogen (secondary N) is 1. The van der Waals surface area contributed by atoms with Gasteiger partial charge >= 0.3 is 5.69 Å². The van der Waals surface area contributed by atoms with E-state index in [0.717, 1.165) is 23.9 Å². The highest BCUT2D eigenvalue weighted by molar-refractivity contribution is 5.86. The summed E-state index contributed by atoms with van der Waals surface area (Å²) in [5, 5.41) is 0. The topological polar surface area (TPSA) is 93.4 Å². The Morgan fingerprint density at radius 2 is 1.85 bits per heavy atom. The van der Waals surface area contributed by atoms with Crippen LogP contribution in [0.3, 0.4) is 0 Å². The third-order valence-corrected chi connectivity index (χ3v) is 5.55. The van der Waals surface area contributed by atoms with Crippen LogP contribution in [-0.2, 0) is 9.53 Å². The van der Waals surface area contributed by atoms with Crippen molar-refractivity contribution in [2.45, 2.75) is 37.3 Å². The average molecular weight is 381 g/mol. The molecular formula is C18H25ClN4O3. The molecule has 26 heavy (non-hydrogen) atoms. The first kappa shape index (κ1) is 18.9. The summed E-state index contributed by atoms with van der Waals surface area (Å²) in [6, 6.07) is 7.83. The van der Waals surface area contributed by atoms with Crippen LogP contribution in [0.2, 0.25) is 0 Å². The number of nitrogens with two attached hydrogens (primary N) is 1. The smallest absolute Gasteiger partial charge is 0.326 e. The summed E-state index contributed by atoms with van der Waals surface area (Å²) in [5.41, 5.74) is 7.25. The standard InChI is InChI=1S/C18H24N4O3.ClH/c19-18(7-11-25-12-8-18)16(23)21-9-5-13(6-10-21)22-15-4-2-1-3-14(15)20-17(22)24;/h1-4,13H,5-12,19H2,(H,20,24);1H. The second-order valence-corrected chi connectivity index (χ2v) is 7.11. The number of aromatic amines is 1. The number of hydrogen-bond acceptors (Lipinski definition) is 4. The molecule has 142 valence electrons. The van der Waals surface area contributed by atoms with Crippen LogP contribution >= 0.6 is 12.4 Å². The van der Waals surface area contributed by atoms with Crippen LogP contribution in [0.25, 0.3) is 11.0 Å². The Bertz CT molecular complexity index is 832. The second kappa shape index (κ2) is 7.42. The number of piperidine rings is 1. The van der Waals surface area contributed by atoms with Crippen LogP contribution in [0, 0.1) is 0 Å². The Kier molecular flexibility index (Phi) is 5.41. The van der Waals surface area contributed by atoms with Crippen molar-refractivity contribution in [3.05, 3.63) is 34.7 Å². The van der Waals surface area contributed by atoms with Crippen LogP contribution in [0.4, 0.5) is 0 Å². The van der Waals surface area contributed by atoms with E-state index < -0.39 is 5.54 Å². The van der Waals surface area contributed by atoms with Crippen LogP contribution in [0.1, 0.15) is 31.7 Å². The van der Waals surface area contributed by atoms with Crippen molar-refractivity contribution in [1.29, 1.82) is 0 Å². The van der Waals surface area contributed by atoms with Crippen LogP contribution in [-0.4, -0.2) is 52.2 Å². The largest absolute Gasteiger partial charge is 0.381 e. The van der Waals surface area contributed by atoms with Crippen molar-refractivity contribution in [1.82, 2.24) is 14.5 Å². The van der Waals surface area contributed by atoms with E-state index in [9.17, 15) is 9.59 Å². The van der Waals surface area contributed by atoms with Gasteiger partial charge in [0.1, 0.15) is 0 Å². The van der Waals surface area contributed by atoms with E-state index in [-0.39, 0.29) is 30.0 Å². The van der Waals surface area contributed by atoms with Gasteiger partial charge in [0, 0.05) is 32.3 Å². The normalized spacial score (nSPS) is 20.7. The summed E-state index contributed by atoms with van der Waals surface area (Å²) in [5.74, 6) is 0.0283. The number of hydrogen-bond donors (Lipinski definition) is 2. The number of H-pyrrole nitrogens is 1. The first-order valence-electron chi connectivity index (χ1n) is 8.94. The summed E-state index contributed by atoms with van der Waals surface area (Å²) in [7, 11) is 0. The van der Waals surface area contributed by atoms with E-state index in [1.54, 1.807) is 0 Å². The van der Waals surface area contributed by atoms with Crippen molar-refractivity contribution in [3.8, 4) is 0 Å². The minimum Gasteiger partial charge on any atom is -0.381 e. The van der Waals surface area contributed by atoms with E-state index in [1.165, 1.54) is 0 Å². The molecule has 1 aromatic heterocycles. The zero-order valence-corrected chi connectivity index (χ0v) is 15.5. The predicted molar refractivity (Wildman–Crippen MR) is 102 cm³/mol. The van der Waals surface area contributed by atoms with Gasteiger partial charge in [0.05, 0.1) is 16.6 Å². The molecule has 4 rings (SSSR count). The lowest BCUT2D eigenvalue weighted by Gasteiger charge is -2.40. The summed E-state index contributed by atoms with van der Waals surface area (Å²) < 4.78 is 7.17. The molecule has 1 aromatic carbocycles. The minimum absolute atomic E-state index is 0. The van der Waals surface area contributed by atoms with Gasteiger partial charge in [0.2, 0.25) is 5.91 Å². The molecular weight excluding hydrogens is 356 g/mol. The molecule has 0 saturated carbocycles. The molecule has 8 heteroatoms. The SMILES string of the molecule is Cl.NC1(C(=O)N2CCC(n3c(=O)[nH]c4ccccc43)CC2)CCOCC1. The summed E-state index contributed by atoms with van der Waals surface area (Å²) in [6.07, 6.45) is 2.68. The van der Waals surface area contributed by atoms with Gasteiger partial charge in [0.15, 0.2) is 0 Å². The molecule has 1 amide bonds. The number of benzene rings is 1. The number of nitrogens with zero attached hydrogens (tertiary/aromatic N) is 2. The van der Waals surface area contributed by atoms with Crippen molar-refractivity contribution >= 4 is 29.3 Å². The number of ether oxygens (including phenoxy) is 1. The Morgan fingerprint density at radius 3 is 2.54 bits per heavy atom. The lowest BCUT2D eigenvalue weighted by molar-refractivity contribution is -0.141. The number of aromatic nitrogens is 2. The molecule has 0 spiro atoms. The first-order chi connectivity index (χ1) is 12.1. The van der Waals surface area contributed by atoms with Crippen molar-refractivity contribution in [2.75, 3.05) is 26.3 Å². The zero-order valence-electron chi connectivity index (χ0n) is 14.6. The Hall–Kier alpha value is -1.83. The van der Waals surface area contributed by atoms with E-state index >= 15 is 0 Å². The molecule has 0 atom stereocenters. The van der Waals surface area contributed by atoms with Gasteiger partial charge in [-0.05, 0) is 37.8 Å². The van der Waals surface area contributed by atoms with Gasteiger partial charge in [-0.2, -0.15) is 0 Å². The highest BCUT2D eigenvalue weighted by Crippen LogP contribution is 2.28. The number of para-hydroxylation sites is 2. The number of halogens is 1. The molecule has 0 unspecified atom stereocenters. The number of amides is 1.